The summed E-state index contributed by atoms with van der Waals surface area (Å²) >= 11 is 0. The zero-order valence-corrected chi connectivity index (χ0v) is 11.3. The van der Waals surface area contributed by atoms with E-state index in [1.807, 2.05) is 7.05 Å². The van der Waals surface area contributed by atoms with E-state index < -0.39 is 0 Å². The van der Waals surface area contributed by atoms with E-state index in [0.717, 1.165) is 6.54 Å². The summed E-state index contributed by atoms with van der Waals surface area (Å²) in [7, 11) is 1.85. The Hall–Kier alpha value is -2.21. The van der Waals surface area contributed by atoms with Crippen molar-refractivity contribution in [3.63, 3.8) is 0 Å². The lowest BCUT2D eigenvalue weighted by Crippen LogP contribution is -2.24. The van der Waals surface area contributed by atoms with Crippen molar-refractivity contribution >= 4 is 5.69 Å². The molecule has 2 N–H and O–H groups in total. The molecule has 5 nitrogen and oxygen atoms in total. The average molecular weight is 276 g/mol. The number of halogens is 1. The Kier molecular flexibility index (Phi) is 4.84. The van der Waals surface area contributed by atoms with Crippen molar-refractivity contribution in [2.24, 2.45) is 0 Å². The van der Waals surface area contributed by atoms with Crippen LogP contribution in [0, 0.1) is 5.82 Å². The Morgan fingerprint density at radius 2 is 2.10 bits per heavy atom. The Morgan fingerprint density at radius 3 is 2.80 bits per heavy atom. The third kappa shape index (κ3) is 3.64. The van der Waals surface area contributed by atoms with Crippen LogP contribution in [0.1, 0.15) is 5.56 Å². The molecule has 0 unspecified atom stereocenters. The molecule has 0 aliphatic heterocycles. The van der Waals surface area contributed by atoms with Gasteiger partial charge >= 0.3 is 0 Å². The molecule has 0 radical (unpaired) electrons. The smallest absolute Gasteiger partial charge is 0.269 e. The van der Waals surface area contributed by atoms with E-state index >= 15 is 0 Å². The number of likely N-dealkylation sites (N-methyl/N-ethyl adjacent to an activating group) is 1. The summed E-state index contributed by atoms with van der Waals surface area (Å²) in [5.74, 6) is -0.336. The quantitative estimate of drug-likeness (QED) is 0.775. The number of nitrogens with zero attached hydrogens (tertiary/aromatic N) is 2. The fraction of sp³-hybridized carbons (Fsp3) is 0.286. The molecule has 1 aromatic carbocycles. The molecule has 2 aromatic rings. The highest BCUT2D eigenvalue weighted by Gasteiger charge is 2.05. The van der Waals surface area contributed by atoms with Crippen LogP contribution in [0.2, 0.25) is 0 Å². The van der Waals surface area contributed by atoms with Gasteiger partial charge < -0.3 is 10.6 Å². The molecule has 1 aromatic heterocycles. The van der Waals surface area contributed by atoms with E-state index in [1.165, 1.54) is 16.8 Å². The molecular weight excluding hydrogens is 259 g/mol. The van der Waals surface area contributed by atoms with Gasteiger partial charge in [-0.3, -0.25) is 4.79 Å². The number of aromatic nitrogens is 2. The number of nitrogens with one attached hydrogen (secondary N) is 2. The van der Waals surface area contributed by atoms with Crippen molar-refractivity contribution in [2.75, 3.05) is 25.5 Å². The zero-order chi connectivity index (χ0) is 14.4. The molecule has 0 spiro atoms. The Morgan fingerprint density at radius 1 is 1.30 bits per heavy atom. The maximum atomic E-state index is 13.5. The molecule has 2 rings (SSSR count). The van der Waals surface area contributed by atoms with Crippen LogP contribution in [-0.2, 0) is 6.54 Å². The second-order valence-corrected chi connectivity index (χ2v) is 4.36. The number of benzene rings is 1. The van der Waals surface area contributed by atoms with Gasteiger partial charge in [-0.15, -0.1) is 0 Å². The fourth-order valence-corrected chi connectivity index (χ4v) is 1.77. The van der Waals surface area contributed by atoms with Gasteiger partial charge in [0.25, 0.3) is 5.56 Å². The summed E-state index contributed by atoms with van der Waals surface area (Å²) in [6, 6.07) is 7.82. The van der Waals surface area contributed by atoms with Gasteiger partial charge in [-0.2, -0.15) is 5.10 Å². The van der Waals surface area contributed by atoms with Crippen molar-refractivity contribution in [1.82, 2.24) is 15.1 Å². The molecule has 0 fully saturated rings. The number of hydrogen-bond acceptors (Lipinski definition) is 4. The minimum atomic E-state index is -0.336. The largest absolute Gasteiger partial charge is 0.382 e. The second-order valence-electron chi connectivity index (χ2n) is 4.36. The first-order chi connectivity index (χ1) is 9.70. The number of hydrogen-bond donors (Lipinski definition) is 2. The Balaban J connectivity index is 2.10. The summed E-state index contributed by atoms with van der Waals surface area (Å²) in [6.45, 7) is 1.62. The van der Waals surface area contributed by atoms with Crippen LogP contribution < -0.4 is 16.2 Å². The van der Waals surface area contributed by atoms with Crippen LogP contribution in [0.25, 0.3) is 0 Å². The second kappa shape index (κ2) is 6.81. The van der Waals surface area contributed by atoms with Crippen molar-refractivity contribution in [3.05, 3.63) is 58.3 Å². The molecular formula is C14H17FN4O. The predicted octanol–water partition coefficient (Wildman–Crippen LogP) is 1.06. The third-order valence-electron chi connectivity index (χ3n) is 2.85. The van der Waals surface area contributed by atoms with E-state index in [1.54, 1.807) is 24.4 Å². The topological polar surface area (TPSA) is 59.0 Å². The van der Waals surface area contributed by atoms with Gasteiger partial charge in [0.1, 0.15) is 5.82 Å². The molecule has 106 valence electrons. The molecule has 0 aliphatic rings. The molecule has 6 heteroatoms. The number of anilines is 1. The van der Waals surface area contributed by atoms with Crippen LogP contribution >= 0.6 is 0 Å². The standard InChI is InChI=1S/C14H17FN4O/c1-16-6-7-17-12-8-14(20)19(18-9-12)10-11-4-2-3-5-13(11)15/h2-5,8-9,16-17H,6-7,10H2,1H3. The molecule has 0 saturated carbocycles. The van der Waals surface area contributed by atoms with Crippen molar-refractivity contribution in [2.45, 2.75) is 6.54 Å². The van der Waals surface area contributed by atoms with Crippen molar-refractivity contribution in [1.29, 1.82) is 0 Å². The third-order valence-corrected chi connectivity index (χ3v) is 2.85. The van der Waals surface area contributed by atoms with Crippen LogP contribution in [0.5, 0.6) is 0 Å². The summed E-state index contributed by atoms with van der Waals surface area (Å²) in [5.41, 5.74) is 0.843. The Labute approximate surface area is 116 Å². The summed E-state index contributed by atoms with van der Waals surface area (Å²) in [5, 5.41) is 10.1. The van der Waals surface area contributed by atoms with E-state index in [4.69, 9.17) is 0 Å². The first-order valence-electron chi connectivity index (χ1n) is 6.40. The van der Waals surface area contributed by atoms with E-state index in [9.17, 15) is 9.18 Å². The maximum absolute atomic E-state index is 13.5. The molecule has 0 amide bonds. The van der Waals surface area contributed by atoms with Crippen LogP contribution in [0.4, 0.5) is 10.1 Å². The molecule has 20 heavy (non-hydrogen) atoms. The predicted molar refractivity (Wildman–Crippen MR) is 76.4 cm³/mol. The van der Waals surface area contributed by atoms with Gasteiger partial charge in [0.2, 0.25) is 0 Å². The van der Waals surface area contributed by atoms with E-state index in [0.29, 0.717) is 17.8 Å². The molecule has 1 heterocycles. The van der Waals surface area contributed by atoms with Gasteiger partial charge in [0, 0.05) is 24.7 Å². The first kappa shape index (κ1) is 14.2. The lowest BCUT2D eigenvalue weighted by molar-refractivity contribution is 0.572. The highest BCUT2D eigenvalue weighted by Crippen LogP contribution is 2.07. The minimum Gasteiger partial charge on any atom is -0.382 e. The highest BCUT2D eigenvalue weighted by atomic mass is 19.1. The minimum absolute atomic E-state index is 0.127. The average Bonchev–Trinajstić information content (AvgIpc) is 2.44. The molecule has 0 aliphatic carbocycles. The van der Waals surface area contributed by atoms with Gasteiger partial charge in [-0.1, -0.05) is 18.2 Å². The van der Waals surface area contributed by atoms with Crippen molar-refractivity contribution < 1.29 is 4.39 Å². The molecule has 0 saturated heterocycles. The van der Waals surface area contributed by atoms with E-state index in [-0.39, 0.29) is 17.9 Å². The van der Waals surface area contributed by atoms with Gasteiger partial charge in [0.15, 0.2) is 0 Å². The van der Waals surface area contributed by atoms with Crippen molar-refractivity contribution in [3.8, 4) is 0 Å². The monoisotopic (exact) mass is 276 g/mol. The highest BCUT2D eigenvalue weighted by molar-refractivity contribution is 5.38. The zero-order valence-electron chi connectivity index (χ0n) is 11.3. The SMILES string of the molecule is CNCCNc1cnn(Cc2ccccc2F)c(=O)c1. The summed E-state index contributed by atoms with van der Waals surface area (Å²) in [6.07, 6.45) is 1.57. The first-order valence-corrected chi connectivity index (χ1v) is 6.40. The van der Waals surface area contributed by atoms with Crippen LogP contribution in [-0.4, -0.2) is 29.9 Å². The molecule has 0 bridgehead atoms. The summed E-state index contributed by atoms with van der Waals surface area (Å²) in [4.78, 5) is 11.9. The van der Waals surface area contributed by atoms with E-state index in [2.05, 4.69) is 15.7 Å². The normalized spacial score (nSPS) is 10.5. The number of rotatable bonds is 6. The van der Waals surface area contributed by atoms with Gasteiger partial charge in [-0.25, -0.2) is 9.07 Å². The van der Waals surface area contributed by atoms with Crippen LogP contribution in [0.15, 0.2) is 41.3 Å². The maximum Gasteiger partial charge on any atom is 0.269 e. The Bertz CT molecular complexity index is 627. The summed E-state index contributed by atoms with van der Waals surface area (Å²) < 4.78 is 14.8. The van der Waals surface area contributed by atoms with Crippen LogP contribution in [0.3, 0.4) is 0 Å². The van der Waals surface area contributed by atoms with Gasteiger partial charge in [0.05, 0.1) is 18.4 Å². The molecule has 0 atom stereocenters. The fourth-order valence-electron chi connectivity index (χ4n) is 1.77. The lowest BCUT2D eigenvalue weighted by Gasteiger charge is -2.08. The van der Waals surface area contributed by atoms with Gasteiger partial charge in [-0.05, 0) is 13.1 Å². The lowest BCUT2D eigenvalue weighted by atomic mass is 10.2.